The summed E-state index contributed by atoms with van der Waals surface area (Å²) in [4.78, 5) is 3.93. The molecule has 0 bridgehead atoms. The molecule has 1 aromatic heterocycles. The first-order valence-electron chi connectivity index (χ1n) is 5.29. The zero-order valence-corrected chi connectivity index (χ0v) is 9.94. The van der Waals surface area contributed by atoms with Crippen LogP contribution < -0.4 is 5.73 Å². The quantitative estimate of drug-likeness (QED) is 0.847. The topological polar surface area (TPSA) is 76.3 Å². The minimum atomic E-state index is -3.47. The molecule has 16 heavy (non-hydrogen) atoms. The fraction of sp³-hybridized carbons (Fsp3) is 0.500. The lowest BCUT2D eigenvalue weighted by atomic mass is 10.5. The lowest BCUT2D eigenvalue weighted by molar-refractivity contribution is 0.421. The third kappa shape index (κ3) is 1.90. The highest BCUT2D eigenvalue weighted by Crippen LogP contribution is 2.32. The number of nitrogen functional groups attached to an aromatic ring is 1. The van der Waals surface area contributed by atoms with Crippen LogP contribution in [0.1, 0.15) is 19.8 Å². The second-order valence-electron chi connectivity index (χ2n) is 3.83. The number of pyridine rings is 1. The Morgan fingerprint density at radius 1 is 1.56 bits per heavy atom. The summed E-state index contributed by atoms with van der Waals surface area (Å²) in [6, 6.07) is 3.24. The van der Waals surface area contributed by atoms with Crippen LogP contribution in [0.25, 0.3) is 0 Å². The number of hydrogen-bond acceptors (Lipinski definition) is 4. The van der Waals surface area contributed by atoms with E-state index in [2.05, 4.69) is 4.98 Å². The molecule has 0 radical (unpaired) electrons. The molecule has 2 N–H and O–H groups in total. The smallest absolute Gasteiger partial charge is 0.246 e. The second-order valence-corrected chi connectivity index (χ2v) is 5.69. The van der Waals surface area contributed by atoms with Crippen LogP contribution in [0.3, 0.4) is 0 Å². The van der Waals surface area contributed by atoms with Crippen molar-refractivity contribution in [2.75, 3.05) is 12.3 Å². The predicted molar refractivity (Wildman–Crippen MR) is 61.2 cm³/mol. The second kappa shape index (κ2) is 4.03. The molecule has 1 aliphatic carbocycles. The normalized spacial score (nSPS) is 16.6. The number of sulfonamides is 1. The van der Waals surface area contributed by atoms with E-state index in [4.69, 9.17) is 5.73 Å². The highest BCUT2D eigenvalue weighted by Gasteiger charge is 2.37. The molecule has 2 rings (SSSR count). The van der Waals surface area contributed by atoms with E-state index in [1.165, 1.54) is 16.6 Å². The van der Waals surface area contributed by atoms with Crippen molar-refractivity contribution >= 4 is 15.8 Å². The summed E-state index contributed by atoms with van der Waals surface area (Å²) in [6.45, 7) is 2.31. The Balaban J connectivity index is 2.41. The van der Waals surface area contributed by atoms with Crippen molar-refractivity contribution in [3.63, 3.8) is 0 Å². The van der Waals surface area contributed by atoms with E-state index in [0.29, 0.717) is 6.54 Å². The van der Waals surface area contributed by atoms with Crippen molar-refractivity contribution in [2.45, 2.75) is 30.7 Å². The first-order valence-corrected chi connectivity index (χ1v) is 6.73. The van der Waals surface area contributed by atoms with Crippen molar-refractivity contribution in [3.05, 3.63) is 18.3 Å². The zero-order valence-electron chi connectivity index (χ0n) is 9.13. The first kappa shape index (κ1) is 11.3. The molecule has 0 unspecified atom stereocenters. The maximum absolute atomic E-state index is 12.3. The molecule has 1 aromatic rings. The molecule has 0 aromatic carbocycles. The highest BCUT2D eigenvalue weighted by molar-refractivity contribution is 7.89. The summed E-state index contributed by atoms with van der Waals surface area (Å²) in [7, 11) is -3.47. The Morgan fingerprint density at radius 2 is 2.25 bits per heavy atom. The lowest BCUT2D eigenvalue weighted by Gasteiger charge is -2.20. The summed E-state index contributed by atoms with van der Waals surface area (Å²) < 4.78 is 26.0. The van der Waals surface area contributed by atoms with Crippen LogP contribution in [0.4, 0.5) is 5.82 Å². The first-order chi connectivity index (χ1) is 7.57. The number of rotatable bonds is 4. The van der Waals surface area contributed by atoms with Crippen LogP contribution in [-0.2, 0) is 10.0 Å². The molecular formula is C10H15N3O2S. The Labute approximate surface area is 95.3 Å². The number of hydrogen-bond donors (Lipinski definition) is 1. The summed E-state index contributed by atoms with van der Waals surface area (Å²) in [5, 5.41) is 0. The van der Waals surface area contributed by atoms with Gasteiger partial charge >= 0.3 is 0 Å². The predicted octanol–water partition coefficient (Wildman–Crippen LogP) is 0.837. The van der Waals surface area contributed by atoms with Gasteiger partial charge in [0.05, 0.1) is 0 Å². The summed E-state index contributed by atoms with van der Waals surface area (Å²) >= 11 is 0. The Morgan fingerprint density at radius 3 is 2.75 bits per heavy atom. The summed E-state index contributed by atoms with van der Waals surface area (Å²) in [5.74, 6) is 0.0709. The maximum Gasteiger partial charge on any atom is 0.246 e. The molecule has 1 saturated carbocycles. The van der Waals surface area contributed by atoms with Gasteiger partial charge in [-0.05, 0) is 25.0 Å². The van der Waals surface area contributed by atoms with Crippen LogP contribution in [0, 0.1) is 0 Å². The molecule has 0 aliphatic heterocycles. The lowest BCUT2D eigenvalue weighted by Crippen LogP contribution is -2.33. The average Bonchev–Trinajstić information content (AvgIpc) is 3.03. The van der Waals surface area contributed by atoms with Gasteiger partial charge in [-0.2, -0.15) is 4.31 Å². The van der Waals surface area contributed by atoms with Crippen molar-refractivity contribution in [1.82, 2.24) is 9.29 Å². The molecule has 0 saturated heterocycles. The largest absolute Gasteiger partial charge is 0.383 e. The van der Waals surface area contributed by atoms with Crippen molar-refractivity contribution in [1.29, 1.82) is 0 Å². The van der Waals surface area contributed by atoms with E-state index >= 15 is 0 Å². The Kier molecular flexibility index (Phi) is 2.86. The number of nitrogens with two attached hydrogens (primary N) is 1. The molecule has 0 spiro atoms. The Hall–Kier alpha value is -1.14. The summed E-state index contributed by atoms with van der Waals surface area (Å²) in [5.41, 5.74) is 5.60. The maximum atomic E-state index is 12.3. The van der Waals surface area contributed by atoms with Crippen molar-refractivity contribution in [2.24, 2.45) is 0 Å². The molecule has 0 atom stereocenters. The van der Waals surface area contributed by atoms with Crippen LogP contribution in [0.2, 0.25) is 0 Å². The SMILES string of the molecule is CCN(C1CC1)S(=O)(=O)c1cccnc1N. The standard InChI is InChI=1S/C10H15N3O2S/c1-2-13(8-5-6-8)16(14,15)9-4-3-7-12-10(9)11/h3-4,7-8H,2,5-6H2,1H3,(H2,11,12). The molecule has 1 aliphatic rings. The molecule has 0 amide bonds. The van der Waals surface area contributed by atoms with Crippen LogP contribution in [0.5, 0.6) is 0 Å². The van der Waals surface area contributed by atoms with Crippen molar-refractivity contribution < 1.29 is 8.42 Å². The van der Waals surface area contributed by atoms with Gasteiger partial charge in [0.25, 0.3) is 0 Å². The highest BCUT2D eigenvalue weighted by atomic mass is 32.2. The van der Waals surface area contributed by atoms with E-state index in [-0.39, 0.29) is 16.8 Å². The van der Waals surface area contributed by atoms with Crippen LogP contribution in [0.15, 0.2) is 23.2 Å². The van der Waals surface area contributed by atoms with Gasteiger partial charge in [0.2, 0.25) is 10.0 Å². The van der Waals surface area contributed by atoms with Gasteiger partial charge in [0.15, 0.2) is 0 Å². The van der Waals surface area contributed by atoms with Gasteiger partial charge in [-0.25, -0.2) is 13.4 Å². The minimum Gasteiger partial charge on any atom is -0.383 e. The van der Waals surface area contributed by atoms with Gasteiger partial charge in [-0.1, -0.05) is 6.92 Å². The molecule has 88 valence electrons. The molecular weight excluding hydrogens is 226 g/mol. The third-order valence-electron chi connectivity index (χ3n) is 2.65. The molecule has 1 heterocycles. The van der Waals surface area contributed by atoms with Crippen molar-refractivity contribution in [3.8, 4) is 0 Å². The Bertz CT molecular complexity index is 483. The number of nitrogens with zero attached hydrogens (tertiary/aromatic N) is 2. The van der Waals surface area contributed by atoms with Gasteiger partial charge in [0, 0.05) is 18.8 Å². The van der Waals surface area contributed by atoms with Gasteiger partial charge in [-0.15, -0.1) is 0 Å². The summed E-state index contributed by atoms with van der Waals surface area (Å²) in [6.07, 6.45) is 3.36. The van der Waals surface area contributed by atoms with Gasteiger partial charge in [0.1, 0.15) is 10.7 Å². The molecule has 6 heteroatoms. The fourth-order valence-corrected chi connectivity index (χ4v) is 3.50. The molecule has 1 fully saturated rings. The van der Waals surface area contributed by atoms with E-state index in [0.717, 1.165) is 12.8 Å². The minimum absolute atomic E-state index is 0.0709. The van der Waals surface area contributed by atoms with Gasteiger partial charge in [-0.3, -0.25) is 0 Å². The monoisotopic (exact) mass is 241 g/mol. The van der Waals surface area contributed by atoms with E-state index in [9.17, 15) is 8.42 Å². The zero-order chi connectivity index (χ0) is 11.8. The van der Waals surface area contributed by atoms with E-state index < -0.39 is 10.0 Å². The third-order valence-corrected chi connectivity index (χ3v) is 4.73. The average molecular weight is 241 g/mol. The van der Waals surface area contributed by atoms with Gasteiger partial charge < -0.3 is 5.73 Å². The number of anilines is 1. The van der Waals surface area contributed by atoms with E-state index in [1.54, 1.807) is 6.07 Å². The fourth-order valence-electron chi connectivity index (χ4n) is 1.73. The molecule has 5 nitrogen and oxygen atoms in total. The van der Waals surface area contributed by atoms with Crippen LogP contribution in [-0.4, -0.2) is 30.3 Å². The number of aromatic nitrogens is 1. The van der Waals surface area contributed by atoms with Crippen LogP contribution >= 0.6 is 0 Å². The van der Waals surface area contributed by atoms with E-state index in [1.807, 2.05) is 6.92 Å².